The number of amides is 1. The molecule has 1 saturated heterocycles. The Morgan fingerprint density at radius 2 is 1.79 bits per heavy atom. The molecule has 1 aliphatic heterocycles. The summed E-state index contributed by atoms with van der Waals surface area (Å²) in [6.07, 6.45) is 3.25. The van der Waals surface area contributed by atoms with Crippen molar-refractivity contribution in [3.8, 4) is 5.75 Å². The molecule has 0 unspecified atom stereocenters. The van der Waals surface area contributed by atoms with Gasteiger partial charge in [0.15, 0.2) is 0 Å². The predicted octanol–water partition coefficient (Wildman–Crippen LogP) is 3.10. The summed E-state index contributed by atoms with van der Waals surface area (Å²) in [7, 11) is 0. The molecule has 2 aromatic rings. The molecular formula is C23H29N3O2. The largest absolute Gasteiger partial charge is 0.508 e. The summed E-state index contributed by atoms with van der Waals surface area (Å²) in [4.78, 5) is 17.5. The summed E-state index contributed by atoms with van der Waals surface area (Å²) in [5.41, 5.74) is 3.77. The van der Waals surface area contributed by atoms with Crippen molar-refractivity contribution in [3.05, 3.63) is 59.7 Å². The van der Waals surface area contributed by atoms with Crippen LogP contribution in [0.5, 0.6) is 5.75 Å². The monoisotopic (exact) mass is 379 g/mol. The average molecular weight is 380 g/mol. The van der Waals surface area contributed by atoms with Crippen molar-refractivity contribution in [1.29, 1.82) is 0 Å². The van der Waals surface area contributed by atoms with Crippen LogP contribution in [0.1, 0.15) is 36.9 Å². The van der Waals surface area contributed by atoms with Crippen LogP contribution in [-0.2, 0) is 11.2 Å². The molecule has 28 heavy (non-hydrogen) atoms. The van der Waals surface area contributed by atoms with Gasteiger partial charge in [0.2, 0.25) is 5.91 Å². The van der Waals surface area contributed by atoms with Crippen LogP contribution >= 0.6 is 0 Å². The normalized spacial score (nSPS) is 21.0. The summed E-state index contributed by atoms with van der Waals surface area (Å²) in [6, 6.07) is 15.8. The summed E-state index contributed by atoms with van der Waals surface area (Å²) < 4.78 is 0. The summed E-state index contributed by atoms with van der Waals surface area (Å²) in [6.45, 7) is 5.50. The number of benzene rings is 2. The molecule has 148 valence electrons. The van der Waals surface area contributed by atoms with Crippen molar-refractivity contribution in [2.75, 3.05) is 31.1 Å². The zero-order chi connectivity index (χ0) is 19.5. The number of nitrogens with one attached hydrogen (secondary N) is 1. The summed E-state index contributed by atoms with van der Waals surface area (Å²) >= 11 is 0. The van der Waals surface area contributed by atoms with Crippen LogP contribution in [0, 0.1) is 0 Å². The summed E-state index contributed by atoms with van der Waals surface area (Å²) in [5, 5.41) is 12.8. The number of hydrogen-bond donors (Lipinski definition) is 2. The van der Waals surface area contributed by atoms with Crippen molar-refractivity contribution >= 4 is 11.6 Å². The highest BCUT2D eigenvalue weighted by Gasteiger charge is 2.28. The number of phenols is 1. The lowest BCUT2D eigenvalue weighted by Crippen LogP contribution is -2.54. The van der Waals surface area contributed by atoms with Gasteiger partial charge in [0.1, 0.15) is 5.75 Å². The number of nitrogens with zero attached hydrogens (tertiary/aromatic N) is 2. The fraction of sp³-hybridized carbons (Fsp3) is 0.435. The minimum Gasteiger partial charge on any atom is -0.508 e. The number of rotatable bonds is 4. The quantitative estimate of drug-likeness (QED) is 0.857. The minimum absolute atomic E-state index is 0.125. The van der Waals surface area contributed by atoms with Gasteiger partial charge >= 0.3 is 0 Å². The van der Waals surface area contributed by atoms with E-state index in [1.54, 1.807) is 12.1 Å². The van der Waals surface area contributed by atoms with E-state index in [4.69, 9.17) is 0 Å². The smallest absolute Gasteiger partial charge is 0.237 e. The summed E-state index contributed by atoms with van der Waals surface area (Å²) in [5.74, 6) is 0.414. The fourth-order valence-corrected chi connectivity index (χ4v) is 4.39. The lowest BCUT2D eigenvalue weighted by Gasteiger charge is -2.39. The number of aryl methyl sites for hydroxylation is 1. The Morgan fingerprint density at radius 1 is 1.07 bits per heavy atom. The van der Waals surface area contributed by atoms with Gasteiger partial charge in [-0.25, -0.2) is 0 Å². The number of anilines is 1. The van der Waals surface area contributed by atoms with Gasteiger partial charge in [0.05, 0.1) is 12.1 Å². The zero-order valence-electron chi connectivity index (χ0n) is 16.5. The van der Waals surface area contributed by atoms with Crippen LogP contribution < -0.4 is 10.2 Å². The molecule has 2 atom stereocenters. The van der Waals surface area contributed by atoms with Gasteiger partial charge in [-0.1, -0.05) is 24.3 Å². The topological polar surface area (TPSA) is 55.8 Å². The molecular weight excluding hydrogens is 350 g/mol. The number of carbonyl (C=O) groups is 1. The molecule has 1 amide bonds. The van der Waals surface area contributed by atoms with Crippen LogP contribution in [-0.4, -0.2) is 48.1 Å². The van der Waals surface area contributed by atoms with Crippen molar-refractivity contribution in [2.45, 2.75) is 38.3 Å². The van der Waals surface area contributed by atoms with Crippen LogP contribution in [0.3, 0.4) is 0 Å². The molecule has 0 radical (unpaired) electrons. The fourth-order valence-electron chi connectivity index (χ4n) is 4.39. The maximum atomic E-state index is 12.9. The van der Waals surface area contributed by atoms with E-state index in [1.807, 2.05) is 19.1 Å². The highest BCUT2D eigenvalue weighted by Crippen LogP contribution is 2.29. The molecule has 0 aromatic heterocycles. The van der Waals surface area contributed by atoms with Crippen molar-refractivity contribution in [1.82, 2.24) is 10.2 Å². The van der Waals surface area contributed by atoms with Gasteiger partial charge in [0.25, 0.3) is 0 Å². The lowest BCUT2D eigenvalue weighted by molar-refractivity contribution is -0.126. The molecule has 1 aliphatic carbocycles. The maximum absolute atomic E-state index is 12.9. The molecule has 2 aliphatic rings. The molecule has 0 saturated carbocycles. The Labute approximate surface area is 167 Å². The standard InChI is InChI=1S/C23H29N3O2/c1-17(23(28)24-22-8-4-6-18-5-2-3-7-21(18)22)25-13-15-26(16-14-25)19-9-11-20(27)12-10-19/h2-3,5,7,9-12,17,22,27H,4,6,8,13-16H2,1H3,(H,24,28)/t17-,22+/m1/s1. The third-order valence-electron chi connectivity index (χ3n) is 6.14. The second-order valence-electron chi connectivity index (χ2n) is 7.87. The zero-order valence-corrected chi connectivity index (χ0v) is 16.5. The highest BCUT2D eigenvalue weighted by molar-refractivity contribution is 5.82. The van der Waals surface area contributed by atoms with Gasteiger partial charge in [0, 0.05) is 31.9 Å². The van der Waals surface area contributed by atoms with Gasteiger partial charge in [-0.15, -0.1) is 0 Å². The molecule has 1 heterocycles. The van der Waals surface area contributed by atoms with E-state index < -0.39 is 0 Å². The van der Waals surface area contributed by atoms with Crippen LogP contribution in [0.2, 0.25) is 0 Å². The van der Waals surface area contributed by atoms with Gasteiger partial charge in [-0.05, 0) is 61.6 Å². The molecule has 0 bridgehead atoms. The third kappa shape index (κ3) is 3.99. The SMILES string of the molecule is C[C@H](C(=O)N[C@H]1CCCc2ccccc21)N1CCN(c2ccc(O)cc2)CC1. The Bertz CT molecular complexity index is 813. The van der Waals surface area contributed by atoms with E-state index in [-0.39, 0.29) is 23.7 Å². The van der Waals surface area contributed by atoms with Crippen LogP contribution in [0.4, 0.5) is 5.69 Å². The van der Waals surface area contributed by atoms with Crippen molar-refractivity contribution in [2.24, 2.45) is 0 Å². The van der Waals surface area contributed by atoms with E-state index >= 15 is 0 Å². The van der Waals surface area contributed by atoms with Gasteiger partial charge in [-0.2, -0.15) is 0 Å². The molecule has 5 nitrogen and oxygen atoms in total. The molecule has 2 aromatic carbocycles. The maximum Gasteiger partial charge on any atom is 0.237 e. The van der Waals surface area contributed by atoms with E-state index in [0.29, 0.717) is 0 Å². The van der Waals surface area contributed by atoms with E-state index in [2.05, 4.69) is 39.4 Å². The number of piperazine rings is 1. The second-order valence-corrected chi connectivity index (χ2v) is 7.87. The lowest BCUT2D eigenvalue weighted by atomic mass is 9.87. The Hall–Kier alpha value is -2.53. The van der Waals surface area contributed by atoms with Gasteiger partial charge in [-0.3, -0.25) is 9.69 Å². The van der Waals surface area contributed by atoms with E-state index in [9.17, 15) is 9.90 Å². The Morgan fingerprint density at radius 3 is 2.54 bits per heavy atom. The molecule has 2 N–H and O–H groups in total. The predicted molar refractivity (Wildman–Crippen MR) is 112 cm³/mol. The molecule has 1 fully saturated rings. The molecule has 5 heteroatoms. The number of hydrogen-bond acceptors (Lipinski definition) is 4. The number of fused-ring (bicyclic) bond motifs is 1. The van der Waals surface area contributed by atoms with E-state index in [1.165, 1.54) is 11.1 Å². The average Bonchev–Trinajstić information content (AvgIpc) is 2.74. The molecule has 4 rings (SSSR count). The Balaban J connectivity index is 1.33. The minimum atomic E-state index is -0.129. The van der Waals surface area contributed by atoms with Crippen molar-refractivity contribution in [3.63, 3.8) is 0 Å². The number of aromatic hydroxyl groups is 1. The number of carbonyl (C=O) groups excluding carboxylic acids is 1. The Kier molecular flexibility index (Phi) is 5.53. The van der Waals surface area contributed by atoms with Crippen LogP contribution in [0.15, 0.2) is 48.5 Å². The van der Waals surface area contributed by atoms with Gasteiger partial charge < -0.3 is 15.3 Å². The third-order valence-corrected chi connectivity index (χ3v) is 6.14. The first-order valence-electron chi connectivity index (χ1n) is 10.3. The number of phenolic OH excluding ortho intramolecular Hbond substituents is 1. The first-order chi connectivity index (χ1) is 13.6. The first-order valence-corrected chi connectivity index (χ1v) is 10.3. The first kappa shape index (κ1) is 18.8. The second kappa shape index (κ2) is 8.23. The van der Waals surface area contributed by atoms with Crippen molar-refractivity contribution < 1.29 is 9.90 Å². The van der Waals surface area contributed by atoms with E-state index in [0.717, 1.165) is 51.1 Å². The highest BCUT2D eigenvalue weighted by atomic mass is 16.3. The molecule has 0 spiro atoms. The van der Waals surface area contributed by atoms with Crippen LogP contribution in [0.25, 0.3) is 0 Å².